The highest BCUT2D eigenvalue weighted by atomic mass is 16.5. The Bertz CT molecular complexity index is 678. The summed E-state index contributed by atoms with van der Waals surface area (Å²) in [4.78, 5) is 24.6. The average Bonchev–Trinajstić information content (AvgIpc) is 3.11. The molecule has 1 aromatic carbocycles. The van der Waals surface area contributed by atoms with Crippen LogP contribution >= 0.6 is 0 Å². The number of ether oxygens (including phenoxy) is 1. The smallest absolute Gasteiger partial charge is 0.243 e. The van der Waals surface area contributed by atoms with Crippen molar-refractivity contribution in [2.75, 3.05) is 7.11 Å². The van der Waals surface area contributed by atoms with E-state index in [2.05, 4.69) is 10.6 Å². The molecule has 0 radical (unpaired) electrons. The van der Waals surface area contributed by atoms with Gasteiger partial charge < -0.3 is 19.8 Å². The molecule has 0 fully saturated rings. The zero-order valence-corrected chi connectivity index (χ0v) is 14.7. The molecule has 1 aromatic heterocycles. The third-order valence-corrected chi connectivity index (χ3v) is 3.81. The molecular weight excluding hydrogens is 320 g/mol. The summed E-state index contributed by atoms with van der Waals surface area (Å²) < 4.78 is 10.3. The van der Waals surface area contributed by atoms with Gasteiger partial charge in [-0.05, 0) is 35.7 Å². The molecule has 0 unspecified atom stereocenters. The van der Waals surface area contributed by atoms with Crippen molar-refractivity contribution in [1.29, 1.82) is 0 Å². The van der Waals surface area contributed by atoms with Crippen LogP contribution in [-0.4, -0.2) is 25.0 Å². The average molecular weight is 344 g/mol. The third-order valence-electron chi connectivity index (χ3n) is 3.81. The first-order chi connectivity index (χ1) is 12.0. The Kier molecular flexibility index (Phi) is 6.62. The van der Waals surface area contributed by atoms with E-state index in [4.69, 9.17) is 9.15 Å². The number of furan rings is 1. The highest BCUT2D eigenvalue weighted by Crippen LogP contribution is 2.12. The summed E-state index contributed by atoms with van der Waals surface area (Å²) in [5.74, 6) is 0.949. The van der Waals surface area contributed by atoms with Crippen molar-refractivity contribution in [3.8, 4) is 5.75 Å². The Hall–Kier alpha value is -2.76. The van der Waals surface area contributed by atoms with E-state index in [0.29, 0.717) is 12.3 Å². The van der Waals surface area contributed by atoms with Crippen LogP contribution in [0.25, 0.3) is 0 Å². The first-order valence-corrected chi connectivity index (χ1v) is 8.22. The zero-order chi connectivity index (χ0) is 18.2. The molecule has 0 aliphatic carbocycles. The van der Waals surface area contributed by atoms with Crippen molar-refractivity contribution >= 4 is 11.8 Å². The summed E-state index contributed by atoms with van der Waals surface area (Å²) in [5, 5.41) is 5.60. The van der Waals surface area contributed by atoms with Crippen molar-refractivity contribution in [1.82, 2.24) is 10.6 Å². The van der Waals surface area contributed by atoms with Gasteiger partial charge in [0.1, 0.15) is 17.6 Å². The lowest BCUT2D eigenvalue weighted by molar-refractivity contribution is -0.129. The van der Waals surface area contributed by atoms with Gasteiger partial charge in [-0.2, -0.15) is 0 Å². The standard InChI is InChI=1S/C19H24N2O4/c1-13(2)18(19(23)20-12-16-5-4-10-25-16)21-17(22)11-14-6-8-15(24-3)9-7-14/h4-10,13,18H,11-12H2,1-3H3,(H,20,23)(H,21,22)/t18-/m0/s1. The third kappa shape index (κ3) is 5.67. The van der Waals surface area contributed by atoms with Crippen LogP contribution in [0.3, 0.4) is 0 Å². The molecule has 25 heavy (non-hydrogen) atoms. The molecule has 2 rings (SSSR count). The molecule has 0 saturated carbocycles. The number of benzene rings is 1. The predicted molar refractivity (Wildman–Crippen MR) is 94.0 cm³/mol. The molecule has 0 aliphatic rings. The molecule has 0 spiro atoms. The zero-order valence-electron chi connectivity index (χ0n) is 14.7. The Morgan fingerprint density at radius 3 is 2.44 bits per heavy atom. The summed E-state index contributed by atoms with van der Waals surface area (Å²) in [6.45, 7) is 4.08. The van der Waals surface area contributed by atoms with Crippen molar-refractivity contribution in [3.63, 3.8) is 0 Å². The van der Waals surface area contributed by atoms with E-state index in [1.54, 1.807) is 37.6 Å². The molecule has 1 heterocycles. The van der Waals surface area contributed by atoms with Gasteiger partial charge in [0.15, 0.2) is 0 Å². The molecule has 0 bridgehead atoms. The Balaban J connectivity index is 1.90. The topological polar surface area (TPSA) is 80.6 Å². The predicted octanol–water partition coefficient (Wildman–Crippen LogP) is 2.29. The van der Waals surface area contributed by atoms with Crippen LogP contribution in [0.4, 0.5) is 0 Å². The van der Waals surface area contributed by atoms with E-state index < -0.39 is 6.04 Å². The molecule has 6 nitrogen and oxygen atoms in total. The maximum Gasteiger partial charge on any atom is 0.243 e. The van der Waals surface area contributed by atoms with E-state index >= 15 is 0 Å². The number of nitrogens with one attached hydrogen (secondary N) is 2. The molecule has 2 amide bonds. The molecule has 2 N–H and O–H groups in total. The molecule has 0 saturated heterocycles. The van der Waals surface area contributed by atoms with Gasteiger partial charge in [0.25, 0.3) is 0 Å². The van der Waals surface area contributed by atoms with E-state index in [0.717, 1.165) is 11.3 Å². The number of carbonyl (C=O) groups excluding carboxylic acids is 2. The van der Waals surface area contributed by atoms with Crippen LogP contribution in [0.5, 0.6) is 5.75 Å². The number of hydrogen-bond donors (Lipinski definition) is 2. The largest absolute Gasteiger partial charge is 0.497 e. The molecular formula is C19H24N2O4. The van der Waals surface area contributed by atoms with Crippen LogP contribution in [0.15, 0.2) is 47.1 Å². The Labute approximate surface area is 147 Å². The van der Waals surface area contributed by atoms with E-state index in [9.17, 15) is 9.59 Å². The summed E-state index contributed by atoms with van der Waals surface area (Å²) in [6, 6.07) is 10.2. The van der Waals surface area contributed by atoms with Crippen LogP contribution in [-0.2, 0) is 22.6 Å². The SMILES string of the molecule is COc1ccc(CC(=O)N[C@H](C(=O)NCc2ccco2)C(C)C)cc1. The molecule has 2 aromatic rings. The number of amides is 2. The van der Waals surface area contributed by atoms with Gasteiger partial charge in [-0.1, -0.05) is 26.0 Å². The second-order valence-electron chi connectivity index (χ2n) is 6.11. The van der Waals surface area contributed by atoms with Crippen molar-refractivity contribution < 1.29 is 18.7 Å². The number of rotatable bonds is 8. The van der Waals surface area contributed by atoms with Gasteiger partial charge in [-0.25, -0.2) is 0 Å². The molecule has 134 valence electrons. The van der Waals surface area contributed by atoms with Gasteiger partial charge in [0.2, 0.25) is 11.8 Å². The number of methoxy groups -OCH3 is 1. The lowest BCUT2D eigenvalue weighted by Gasteiger charge is -2.21. The lowest BCUT2D eigenvalue weighted by atomic mass is 10.0. The fourth-order valence-electron chi connectivity index (χ4n) is 2.39. The summed E-state index contributed by atoms with van der Waals surface area (Å²) >= 11 is 0. The van der Waals surface area contributed by atoms with Gasteiger partial charge in [-0.15, -0.1) is 0 Å². The van der Waals surface area contributed by atoms with Gasteiger partial charge in [-0.3, -0.25) is 9.59 Å². The van der Waals surface area contributed by atoms with Crippen molar-refractivity contribution in [2.24, 2.45) is 5.92 Å². The number of carbonyl (C=O) groups is 2. The van der Waals surface area contributed by atoms with Gasteiger partial charge in [0, 0.05) is 0 Å². The lowest BCUT2D eigenvalue weighted by Crippen LogP contribution is -2.49. The fraction of sp³-hybridized carbons (Fsp3) is 0.368. The first-order valence-electron chi connectivity index (χ1n) is 8.22. The highest BCUT2D eigenvalue weighted by molar-refractivity contribution is 5.88. The molecule has 6 heteroatoms. The van der Waals surface area contributed by atoms with Gasteiger partial charge in [0.05, 0.1) is 26.3 Å². The van der Waals surface area contributed by atoms with Crippen LogP contribution in [0, 0.1) is 5.92 Å². The van der Waals surface area contributed by atoms with Gasteiger partial charge >= 0.3 is 0 Å². The van der Waals surface area contributed by atoms with E-state index in [1.807, 2.05) is 26.0 Å². The quantitative estimate of drug-likeness (QED) is 0.770. The van der Waals surface area contributed by atoms with Crippen LogP contribution < -0.4 is 15.4 Å². The minimum atomic E-state index is -0.597. The first kappa shape index (κ1) is 18.6. The number of hydrogen-bond acceptors (Lipinski definition) is 4. The normalized spacial score (nSPS) is 11.8. The molecule has 0 aliphatic heterocycles. The fourth-order valence-corrected chi connectivity index (χ4v) is 2.39. The minimum Gasteiger partial charge on any atom is -0.497 e. The second-order valence-corrected chi connectivity index (χ2v) is 6.11. The highest BCUT2D eigenvalue weighted by Gasteiger charge is 2.24. The Morgan fingerprint density at radius 2 is 1.88 bits per heavy atom. The summed E-state index contributed by atoms with van der Waals surface area (Å²) in [7, 11) is 1.59. The maximum atomic E-state index is 12.4. The summed E-state index contributed by atoms with van der Waals surface area (Å²) in [5.41, 5.74) is 0.858. The minimum absolute atomic E-state index is 0.0311. The van der Waals surface area contributed by atoms with Crippen molar-refractivity contribution in [3.05, 3.63) is 54.0 Å². The van der Waals surface area contributed by atoms with Crippen molar-refractivity contribution in [2.45, 2.75) is 32.9 Å². The van der Waals surface area contributed by atoms with E-state index in [-0.39, 0.29) is 24.2 Å². The van der Waals surface area contributed by atoms with Crippen LogP contribution in [0.2, 0.25) is 0 Å². The monoisotopic (exact) mass is 344 g/mol. The summed E-state index contributed by atoms with van der Waals surface area (Å²) in [6.07, 6.45) is 1.76. The Morgan fingerprint density at radius 1 is 1.16 bits per heavy atom. The van der Waals surface area contributed by atoms with Crippen LogP contribution in [0.1, 0.15) is 25.2 Å². The second kappa shape index (κ2) is 8.92. The maximum absolute atomic E-state index is 12.4. The molecule has 1 atom stereocenters. The van der Waals surface area contributed by atoms with E-state index in [1.165, 1.54) is 0 Å².